The van der Waals surface area contributed by atoms with Gasteiger partial charge in [-0.25, -0.2) is 9.78 Å². The molecule has 1 aliphatic rings. The van der Waals surface area contributed by atoms with Crippen LogP contribution in [-0.2, 0) is 24.6 Å². The quantitative estimate of drug-likeness (QED) is 0.356. The number of ether oxygens (including phenoxy) is 2. The van der Waals surface area contributed by atoms with E-state index in [2.05, 4.69) is 10.3 Å². The third kappa shape index (κ3) is 5.94. The van der Waals surface area contributed by atoms with Gasteiger partial charge in [-0.2, -0.15) is 0 Å². The molecule has 1 aliphatic heterocycles. The van der Waals surface area contributed by atoms with E-state index in [1.165, 1.54) is 11.3 Å². The first-order valence-electron chi connectivity index (χ1n) is 11.9. The number of nitrogen functional groups attached to an aromatic ring is 1. The van der Waals surface area contributed by atoms with E-state index in [4.69, 9.17) is 15.2 Å². The molecule has 0 fully saturated rings. The lowest BCUT2D eigenvalue weighted by molar-refractivity contribution is -0.152. The number of carbonyl (C=O) groups excluding carboxylic acids is 2. The molecule has 3 atom stereocenters. The highest BCUT2D eigenvalue weighted by Gasteiger charge is 2.53. The van der Waals surface area contributed by atoms with Gasteiger partial charge in [-0.05, 0) is 45.4 Å². The predicted octanol–water partition coefficient (Wildman–Crippen LogP) is 5.03. The molecule has 0 saturated heterocycles. The highest BCUT2D eigenvalue weighted by atomic mass is 32.1. The Kier molecular flexibility index (Phi) is 9.25. The van der Waals surface area contributed by atoms with Gasteiger partial charge in [0.05, 0.1) is 36.2 Å². The summed E-state index contributed by atoms with van der Waals surface area (Å²) in [5.74, 6) is -2.08. The summed E-state index contributed by atoms with van der Waals surface area (Å²) in [5, 5.41) is 5.97. The largest absolute Gasteiger partial charge is 0.466 e. The lowest BCUT2D eigenvalue weighted by atomic mass is 9.67. The normalized spacial score (nSPS) is 21.0. The van der Waals surface area contributed by atoms with E-state index in [0.717, 1.165) is 11.3 Å². The van der Waals surface area contributed by atoms with Crippen molar-refractivity contribution in [2.45, 2.75) is 39.2 Å². The summed E-state index contributed by atoms with van der Waals surface area (Å²) in [6.45, 7) is 7.85. The number of nitrogens with zero attached hydrogens (tertiary/aromatic N) is 1. The van der Waals surface area contributed by atoms with Crippen LogP contribution in [0, 0.1) is 5.92 Å². The topological polar surface area (TPSA) is 104 Å². The third-order valence-electron chi connectivity index (χ3n) is 6.04. The average molecular weight is 508 g/mol. The molecule has 4 rings (SSSR count). The number of hydrogen-bond acceptors (Lipinski definition) is 8. The van der Waals surface area contributed by atoms with Crippen molar-refractivity contribution in [2.75, 3.05) is 18.9 Å². The number of nitrogens with one attached hydrogen (secondary N) is 1. The number of anilines is 1. The minimum atomic E-state index is -0.788. The zero-order chi connectivity index (χ0) is 26.1. The second-order valence-corrected chi connectivity index (χ2v) is 9.37. The molecule has 1 aromatic heterocycles. The second kappa shape index (κ2) is 12.4. The summed E-state index contributed by atoms with van der Waals surface area (Å²) in [5.41, 5.74) is 7.42. The van der Waals surface area contributed by atoms with Gasteiger partial charge in [0, 0.05) is 23.0 Å². The van der Waals surface area contributed by atoms with Gasteiger partial charge in [0.2, 0.25) is 0 Å². The fourth-order valence-corrected chi connectivity index (χ4v) is 5.29. The molecule has 8 heteroatoms. The third-order valence-corrected chi connectivity index (χ3v) is 6.90. The number of para-hydroxylation sites is 1. The lowest BCUT2D eigenvalue weighted by Crippen LogP contribution is -2.55. The standard InChI is InChI=1S/C22H26N2O4S.C6H7N/c1-5-27-20(25)16-14(3)24-22(4,15-10-8-7-9-11-15)18(21(26)28-6-2)17(16)19-23-12-13-29-19;7-6-4-2-1-3-5-6/h7-13,17-18,24H,5-6H2,1-4H3;1-5H,7H2. The Balaban J connectivity index is 0.000000444. The first kappa shape index (κ1) is 26.9. The molecule has 0 amide bonds. The monoisotopic (exact) mass is 507 g/mol. The molecular weight excluding hydrogens is 474 g/mol. The van der Waals surface area contributed by atoms with E-state index < -0.39 is 23.3 Å². The molecule has 0 spiro atoms. The molecule has 190 valence electrons. The van der Waals surface area contributed by atoms with E-state index in [9.17, 15) is 9.59 Å². The number of carbonyl (C=O) groups is 2. The number of esters is 2. The molecule has 36 heavy (non-hydrogen) atoms. The number of benzene rings is 2. The Morgan fingerprint density at radius 2 is 1.64 bits per heavy atom. The highest BCUT2D eigenvalue weighted by Crippen LogP contribution is 2.48. The van der Waals surface area contributed by atoms with E-state index in [0.29, 0.717) is 16.3 Å². The first-order chi connectivity index (χ1) is 17.3. The molecule has 3 unspecified atom stereocenters. The minimum Gasteiger partial charge on any atom is -0.466 e. The Morgan fingerprint density at radius 3 is 2.14 bits per heavy atom. The SMILES string of the molecule is CCOC(=O)C1=C(C)NC(C)(c2ccccc2)C(C(=O)OCC)C1c1nccs1.Nc1ccccc1. The van der Waals surface area contributed by atoms with Crippen LogP contribution in [0.3, 0.4) is 0 Å². The van der Waals surface area contributed by atoms with Crippen molar-refractivity contribution in [3.05, 3.63) is 94.1 Å². The van der Waals surface area contributed by atoms with Crippen LogP contribution in [0.15, 0.2) is 83.5 Å². The van der Waals surface area contributed by atoms with Crippen molar-refractivity contribution in [3.8, 4) is 0 Å². The van der Waals surface area contributed by atoms with Gasteiger partial charge in [0.15, 0.2) is 0 Å². The first-order valence-corrected chi connectivity index (χ1v) is 12.8. The van der Waals surface area contributed by atoms with Crippen molar-refractivity contribution < 1.29 is 19.1 Å². The van der Waals surface area contributed by atoms with Crippen LogP contribution in [0.5, 0.6) is 0 Å². The Hall–Kier alpha value is -3.65. The second-order valence-electron chi connectivity index (χ2n) is 8.44. The molecule has 0 saturated carbocycles. The summed E-state index contributed by atoms with van der Waals surface area (Å²) in [7, 11) is 0. The zero-order valence-electron chi connectivity index (χ0n) is 21.1. The van der Waals surface area contributed by atoms with Gasteiger partial charge >= 0.3 is 11.9 Å². The minimum absolute atomic E-state index is 0.250. The molecule has 2 heterocycles. The van der Waals surface area contributed by atoms with Gasteiger partial charge in [0.25, 0.3) is 0 Å². The van der Waals surface area contributed by atoms with Crippen LogP contribution in [-0.4, -0.2) is 30.1 Å². The van der Waals surface area contributed by atoms with E-state index >= 15 is 0 Å². The molecule has 2 aromatic carbocycles. The van der Waals surface area contributed by atoms with Crippen LogP contribution in [0.25, 0.3) is 0 Å². The van der Waals surface area contributed by atoms with Gasteiger partial charge in [-0.1, -0.05) is 48.5 Å². The maximum atomic E-state index is 13.3. The molecule has 3 aromatic rings. The van der Waals surface area contributed by atoms with Crippen molar-refractivity contribution in [2.24, 2.45) is 5.92 Å². The maximum Gasteiger partial charge on any atom is 0.336 e. The average Bonchev–Trinajstić information content (AvgIpc) is 3.40. The number of thiazole rings is 1. The summed E-state index contributed by atoms with van der Waals surface area (Å²) in [6.07, 6.45) is 1.68. The Labute approximate surface area is 216 Å². The van der Waals surface area contributed by atoms with E-state index in [1.54, 1.807) is 20.0 Å². The van der Waals surface area contributed by atoms with Crippen LogP contribution in [0.2, 0.25) is 0 Å². The van der Waals surface area contributed by atoms with Crippen molar-refractivity contribution in [1.29, 1.82) is 0 Å². The molecule has 0 radical (unpaired) electrons. The van der Waals surface area contributed by atoms with E-state index in [1.807, 2.05) is 79.9 Å². The van der Waals surface area contributed by atoms with Crippen LogP contribution in [0.4, 0.5) is 5.69 Å². The van der Waals surface area contributed by atoms with Gasteiger partial charge in [-0.3, -0.25) is 4.79 Å². The number of nitrogens with two attached hydrogens (primary N) is 1. The molecule has 0 bridgehead atoms. The molecule has 0 aliphatic carbocycles. The van der Waals surface area contributed by atoms with Crippen LogP contribution < -0.4 is 11.1 Å². The zero-order valence-corrected chi connectivity index (χ0v) is 21.9. The van der Waals surface area contributed by atoms with Crippen LogP contribution in [0.1, 0.15) is 44.2 Å². The summed E-state index contributed by atoms with van der Waals surface area (Å²) in [6, 6.07) is 19.2. The highest BCUT2D eigenvalue weighted by molar-refractivity contribution is 7.09. The van der Waals surface area contributed by atoms with E-state index in [-0.39, 0.29) is 19.2 Å². The summed E-state index contributed by atoms with van der Waals surface area (Å²) in [4.78, 5) is 30.6. The smallest absolute Gasteiger partial charge is 0.336 e. The summed E-state index contributed by atoms with van der Waals surface area (Å²) >= 11 is 1.42. The lowest BCUT2D eigenvalue weighted by Gasteiger charge is -2.46. The van der Waals surface area contributed by atoms with Gasteiger partial charge < -0.3 is 20.5 Å². The number of hydrogen-bond donors (Lipinski definition) is 2. The van der Waals surface area contributed by atoms with Gasteiger partial charge in [0.1, 0.15) is 5.01 Å². The van der Waals surface area contributed by atoms with Crippen molar-refractivity contribution >= 4 is 29.0 Å². The fourth-order valence-electron chi connectivity index (χ4n) is 4.50. The number of rotatable bonds is 6. The van der Waals surface area contributed by atoms with Crippen molar-refractivity contribution in [1.82, 2.24) is 10.3 Å². The summed E-state index contributed by atoms with van der Waals surface area (Å²) < 4.78 is 10.8. The number of allylic oxidation sites excluding steroid dienone is 1. The predicted molar refractivity (Wildman–Crippen MR) is 142 cm³/mol. The molecule has 7 nitrogen and oxygen atoms in total. The molecule has 3 N–H and O–H groups in total. The maximum absolute atomic E-state index is 13.3. The van der Waals surface area contributed by atoms with Crippen molar-refractivity contribution in [3.63, 3.8) is 0 Å². The van der Waals surface area contributed by atoms with Crippen LogP contribution >= 0.6 is 11.3 Å². The molecular formula is C28H33N3O4S. The van der Waals surface area contributed by atoms with Gasteiger partial charge in [-0.15, -0.1) is 11.3 Å². The Bertz CT molecular complexity index is 1170. The fraction of sp³-hybridized carbons (Fsp3) is 0.321. The number of aromatic nitrogens is 1. The Morgan fingerprint density at radius 1 is 1.03 bits per heavy atom.